The smallest absolute Gasteiger partial charge is 0.0541 e. The molecule has 42 heavy (non-hydrogen) atoms. The minimum atomic E-state index is 1.08. The molecule has 8 rings (SSSR count). The van der Waals surface area contributed by atoms with Crippen molar-refractivity contribution in [1.82, 2.24) is 4.57 Å². The summed E-state index contributed by atoms with van der Waals surface area (Å²) in [7, 11) is 0. The van der Waals surface area contributed by atoms with Crippen LogP contribution in [0.1, 0.15) is 0 Å². The zero-order chi connectivity index (χ0) is 28.0. The fourth-order valence-corrected chi connectivity index (χ4v) is 6.63. The van der Waals surface area contributed by atoms with Crippen LogP contribution in [0.2, 0.25) is 0 Å². The van der Waals surface area contributed by atoms with Gasteiger partial charge < -0.3 is 4.57 Å². The lowest BCUT2D eigenvalue weighted by Gasteiger charge is -2.15. The van der Waals surface area contributed by atoms with Crippen LogP contribution < -0.4 is 0 Å². The van der Waals surface area contributed by atoms with Crippen LogP contribution in [-0.2, 0) is 0 Å². The van der Waals surface area contributed by atoms with E-state index in [9.17, 15) is 0 Å². The molecule has 0 aliphatic rings. The van der Waals surface area contributed by atoms with E-state index in [1.54, 1.807) is 0 Å². The lowest BCUT2D eigenvalue weighted by Crippen LogP contribution is -1.96. The molecule has 0 atom stereocenters. The molecule has 0 saturated carbocycles. The molecule has 0 bridgehead atoms. The predicted molar refractivity (Wildman–Crippen MR) is 182 cm³/mol. The average Bonchev–Trinajstić information content (AvgIpc) is 3.38. The number of benzene rings is 7. The van der Waals surface area contributed by atoms with Crippen LogP contribution in [0.15, 0.2) is 162 Å². The molecule has 0 radical (unpaired) electrons. The van der Waals surface area contributed by atoms with E-state index in [2.05, 4.69) is 178 Å². The third-order valence-corrected chi connectivity index (χ3v) is 8.71. The van der Waals surface area contributed by atoms with Gasteiger partial charge in [-0.2, -0.15) is 0 Å². The van der Waals surface area contributed by atoms with Crippen molar-refractivity contribution in [2.45, 2.75) is 0 Å². The molecule has 8 aromatic rings. The third kappa shape index (κ3) is 4.24. The minimum Gasteiger partial charge on any atom is -0.309 e. The van der Waals surface area contributed by atoms with Gasteiger partial charge in [0, 0.05) is 20.9 Å². The minimum absolute atomic E-state index is 1.08. The Morgan fingerprint density at radius 3 is 1.88 bits per heavy atom. The Kier molecular flexibility index (Phi) is 6.01. The second kappa shape index (κ2) is 10.2. The lowest BCUT2D eigenvalue weighted by molar-refractivity contribution is 1.18. The molecule has 1 nitrogen and oxygen atoms in total. The van der Waals surface area contributed by atoms with Crippen molar-refractivity contribution in [3.05, 3.63) is 162 Å². The van der Waals surface area contributed by atoms with Crippen LogP contribution >= 0.6 is 15.9 Å². The van der Waals surface area contributed by atoms with Gasteiger partial charge in [0.15, 0.2) is 0 Å². The first kappa shape index (κ1) is 24.8. The Morgan fingerprint density at radius 1 is 0.381 bits per heavy atom. The summed E-state index contributed by atoms with van der Waals surface area (Å²) in [4.78, 5) is 0. The molecule has 0 fully saturated rings. The van der Waals surface area contributed by atoms with E-state index in [0.717, 1.165) is 10.2 Å². The lowest BCUT2D eigenvalue weighted by atomic mass is 9.93. The zero-order valence-electron chi connectivity index (χ0n) is 22.8. The van der Waals surface area contributed by atoms with Gasteiger partial charge in [0.1, 0.15) is 0 Å². The standard InChI is InChI=1S/C40H26BrN/c41-33-20-21-40-38(26-33)37-17-6-7-19-39(37)42(40)34-24-31(30-15-8-14-29(22-30)27-10-2-1-3-11-27)23-32(25-34)36-18-9-13-28-12-4-5-16-35(28)36/h1-26H. The number of fused-ring (bicyclic) bond motifs is 4. The van der Waals surface area contributed by atoms with Crippen molar-refractivity contribution < 1.29 is 0 Å². The Labute approximate surface area is 253 Å². The number of rotatable bonds is 4. The van der Waals surface area contributed by atoms with E-state index < -0.39 is 0 Å². The van der Waals surface area contributed by atoms with Crippen LogP contribution in [0.3, 0.4) is 0 Å². The van der Waals surface area contributed by atoms with E-state index in [0.29, 0.717) is 0 Å². The first-order valence-electron chi connectivity index (χ1n) is 14.2. The molecular formula is C40H26BrN. The van der Waals surface area contributed by atoms with E-state index in [1.165, 1.54) is 66.0 Å². The maximum absolute atomic E-state index is 3.71. The normalized spacial score (nSPS) is 11.5. The van der Waals surface area contributed by atoms with Crippen molar-refractivity contribution in [1.29, 1.82) is 0 Å². The van der Waals surface area contributed by atoms with Crippen molar-refractivity contribution in [3.8, 4) is 39.1 Å². The number of halogens is 1. The number of para-hydroxylation sites is 1. The van der Waals surface area contributed by atoms with E-state index in [-0.39, 0.29) is 0 Å². The summed E-state index contributed by atoms with van der Waals surface area (Å²) in [6.07, 6.45) is 0. The molecule has 2 heteroatoms. The summed E-state index contributed by atoms with van der Waals surface area (Å²) in [6, 6.07) is 57.1. The fourth-order valence-electron chi connectivity index (χ4n) is 6.27. The molecule has 0 aliphatic carbocycles. The van der Waals surface area contributed by atoms with Crippen LogP contribution in [0, 0.1) is 0 Å². The Morgan fingerprint density at radius 2 is 1.00 bits per heavy atom. The van der Waals surface area contributed by atoms with Crippen molar-refractivity contribution in [2.75, 3.05) is 0 Å². The molecular weight excluding hydrogens is 574 g/mol. The predicted octanol–water partition coefficient (Wildman–Crippen LogP) is 11.7. The maximum atomic E-state index is 3.71. The number of hydrogen-bond donors (Lipinski definition) is 0. The molecule has 198 valence electrons. The van der Waals surface area contributed by atoms with E-state index in [4.69, 9.17) is 0 Å². The molecule has 0 unspecified atom stereocenters. The highest BCUT2D eigenvalue weighted by Crippen LogP contribution is 2.39. The van der Waals surface area contributed by atoms with Gasteiger partial charge in [0.2, 0.25) is 0 Å². The Hall–Kier alpha value is -4.92. The quantitative estimate of drug-likeness (QED) is 0.189. The van der Waals surface area contributed by atoms with Gasteiger partial charge in [-0.05, 0) is 92.7 Å². The Bertz CT molecular complexity index is 2250. The van der Waals surface area contributed by atoms with Gasteiger partial charge in [0.05, 0.1) is 11.0 Å². The molecule has 0 N–H and O–H groups in total. The van der Waals surface area contributed by atoms with Gasteiger partial charge in [0.25, 0.3) is 0 Å². The van der Waals surface area contributed by atoms with Crippen LogP contribution in [0.25, 0.3) is 71.6 Å². The number of hydrogen-bond acceptors (Lipinski definition) is 0. The highest BCUT2D eigenvalue weighted by molar-refractivity contribution is 9.10. The first-order chi connectivity index (χ1) is 20.7. The molecule has 0 amide bonds. The second-order valence-corrected chi connectivity index (χ2v) is 11.7. The monoisotopic (exact) mass is 599 g/mol. The van der Waals surface area contributed by atoms with Gasteiger partial charge in [-0.15, -0.1) is 0 Å². The van der Waals surface area contributed by atoms with Crippen LogP contribution in [0.4, 0.5) is 0 Å². The largest absolute Gasteiger partial charge is 0.309 e. The number of aromatic nitrogens is 1. The summed E-state index contributed by atoms with van der Waals surface area (Å²) >= 11 is 3.71. The average molecular weight is 601 g/mol. The summed E-state index contributed by atoms with van der Waals surface area (Å²) < 4.78 is 3.50. The molecule has 0 saturated heterocycles. The first-order valence-corrected chi connectivity index (χ1v) is 15.0. The van der Waals surface area contributed by atoms with E-state index >= 15 is 0 Å². The summed E-state index contributed by atoms with van der Waals surface area (Å²) in [5.41, 5.74) is 10.8. The second-order valence-electron chi connectivity index (χ2n) is 10.8. The highest BCUT2D eigenvalue weighted by atomic mass is 79.9. The van der Waals surface area contributed by atoms with Gasteiger partial charge in [-0.1, -0.05) is 125 Å². The molecule has 0 aliphatic heterocycles. The molecule has 1 heterocycles. The van der Waals surface area contributed by atoms with Gasteiger partial charge >= 0.3 is 0 Å². The SMILES string of the molecule is Brc1ccc2c(c1)c1ccccc1n2-c1cc(-c2cccc(-c3ccccc3)c2)cc(-c2cccc3ccccc23)c1. The zero-order valence-corrected chi connectivity index (χ0v) is 24.4. The molecule has 0 spiro atoms. The summed E-state index contributed by atoms with van der Waals surface area (Å²) in [6.45, 7) is 0. The topological polar surface area (TPSA) is 4.93 Å². The van der Waals surface area contributed by atoms with Crippen molar-refractivity contribution >= 4 is 48.5 Å². The molecule has 7 aromatic carbocycles. The summed E-state index contributed by atoms with van der Waals surface area (Å²) in [5.74, 6) is 0. The highest BCUT2D eigenvalue weighted by Gasteiger charge is 2.16. The van der Waals surface area contributed by atoms with E-state index in [1.807, 2.05) is 0 Å². The maximum Gasteiger partial charge on any atom is 0.0541 e. The Balaban J connectivity index is 1.43. The van der Waals surface area contributed by atoms with Gasteiger partial charge in [-0.25, -0.2) is 0 Å². The summed E-state index contributed by atoms with van der Waals surface area (Å²) in [5, 5.41) is 4.99. The van der Waals surface area contributed by atoms with Crippen molar-refractivity contribution in [3.63, 3.8) is 0 Å². The van der Waals surface area contributed by atoms with Gasteiger partial charge in [-0.3, -0.25) is 0 Å². The number of nitrogens with zero attached hydrogens (tertiary/aromatic N) is 1. The fraction of sp³-hybridized carbons (Fsp3) is 0. The van der Waals surface area contributed by atoms with Crippen molar-refractivity contribution in [2.24, 2.45) is 0 Å². The molecule has 1 aromatic heterocycles. The van der Waals surface area contributed by atoms with Crippen LogP contribution in [0.5, 0.6) is 0 Å². The van der Waals surface area contributed by atoms with Crippen LogP contribution in [-0.4, -0.2) is 4.57 Å². The third-order valence-electron chi connectivity index (χ3n) is 8.21.